The Morgan fingerprint density at radius 2 is 1.64 bits per heavy atom. The lowest BCUT2D eigenvalue weighted by molar-refractivity contribution is -0.138. The molecule has 1 heterocycles. The average Bonchev–Trinajstić information content (AvgIpc) is 2.90. The Morgan fingerprint density at radius 1 is 0.974 bits per heavy atom. The molecule has 0 fully saturated rings. The molecule has 1 atom stereocenters. The molecule has 0 bridgehead atoms. The fourth-order valence-electron chi connectivity index (χ4n) is 4.46. The zero-order chi connectivity index (χ0) is 28.5. The number of hydrogen-bond acceptors (Lipinski definition) is 4. The molecule has 0 spiro atoms. The SMILES string of the molecule is COc1cccc(-c2c(C)n(Cc3c(F)cccc3C(F)(F)F)c(=O)n(C[C@H](N)c3ccccc3)c2=O)c1Cl. The van der Waals surface area contributed by atoms with Crippen molar-refractivity contribution in [2.75, 3.05) is 7.11 Å². The van der Waals surface area contributed by atoms with Crippen molar-refractivity contribution in [3.8, 4) is 16.9 Å². The minimum Gasteiger partial charge on any atom is -0.495 e. The Bertz CT molecular complexity index is 1630. The van der Waals surface area contributed by atoms with Gasteiger partial charge >= 0.3 is 11.9 Å². The van der Waals surface area contributed by atoms with Crippen molar-refractivity contribution in [2.24, 2.45) is 5.73 Å². The van der Waals surface area contributed by atoms with Crippen LogP contribution in [0.15, 0.2) is 76.3 Å². The molecule has 0 saturated heterocycles. The summed E-state index contributed by atoms with van der Waals surface area (Å²) in [5, 5.41) is 0.0613. The largest absolute Gasteiger partial charge is 0.495 e. The number of nitrogens with two attached hydrogens (primary N) is 1. The maximum absolute atomic E-state index is 14.8. The van der Waals surface area contributed by atoms with E-state index in [-0.39, 0.29) is 34.1 Å². The third kappa shape index (κ3) is 5.48. The number of alkyl halides is 3. The summed E-state index contributed by atoms with van der Waals surface area (Å²) < 4.78 is 63.1. The number of ether oxygens (including phenoxy) is 1. The van der Waals surface area contributed by atoms with Gasteiger partial charge in [0.2, 0.25) is 0 Å². The van der Waals surface area contributed by atoms with Crippen LogP contribution in [0.25, 0.3) is 11.1 Å². The summed E-state index contributed by atoms with van der Waals surface area (Å²) in [5.41, 5.74) is 3.42. The quantitative estimate of drug-likeness (QED) is 0.300. The zero-order valence-corrected chi connectivity index (χ0v) is 21.7. The molecule has 0 aliphatic rings. The number of rotatable bonds is 7. The van der Waals surface area contributed by atoms with E-state index in [2.05, 4.69) is 0 Å². The van der Waals surface area contributed by atoms with Crippen LogP contribution in [0.3, 0.4) is 0 Å². The zero-order valence-electron chi connectivity index (χ0n) is 20.9. The molecule has 0 unspecified atom stereocenters. The molecule has 0 aliphatic heterocycles. The van der Waals surface area contributed by atoms with Crippen LogP contribution in [0.2, 0.25) is 5.02 Å². The number of hydrogen-bond donors (Lipinski definition) is 1. The van der Waals surface area contributed by atoms with Gasteiger partial charge in [0.25, 0.3) is 5.56 Å². The second kappa shape index (κ2) is 11.1. The standard InChI is InChI=1S/C28H24ClF4N3O3/c1-16-24(18-10-6-13-23(39-2)25(18)29)26(37)36(15-22(34)17-8-4-3-5-9-17)27(38)35(16)14-19-20(28(31,32)33)11-7-12-21(19)30/h3-13,22H,14-15,34H2,1-2H3/t22-/m0/s1. The summed E-state index contributed by atoms with van der Waals surface area (Å²) in [6.07, 6.45) is -4.88. The highest BCUT2D eigenvalue weighted by Crippen LogP contribution is 2.36. The van der Waals surface area contributed by atoms with Crippen molar-refractivity contribution in [1.29, 1.82) is 0 Å². The summed E-state index contributed by atoms with van der Waals surface area (Å²) in [4.78, 5) is 27.4. The highest BCUT2D eigenvalue weighted by molar-refractivity contribution is 6.34. The fourth-order valence-corrected chi connectivity index (χ4v) is 4.76. The fraction of sp³-hybridized carbons (Fsp3) is 0.214. The van der Waals surface area contributed by atoms with Gasteiger partial charge in [0.1, 0.15) is 11.6 Å². The predicted molar refractivity (Wildman–Crippen MR) is 141 cm³/mol. The minimum absolute atomic E-state index is 0.000984. The van der Waals surface area contributed by atoms with Crippen LogP contribution in [-0.4, -0.2) is 16.2 Å². The van der Waals surface area contributed by atoms with Crippen molar-refractivity contribution < 1.29 is 22.3 Å². The monoisotopic (exact) mass is 561 g/mol. The van der Waals surface area contributed by atoms with Gasteiger partial charge in [-0.25, -0.2) is 9.18 Å². The van der Waals surface area contributed by atoms with Crippen LogP contribution in [-0.2, 0) is 19.3 Å². The second-order valence-electron chi connectivity index (χ2n) is 8.85. The summed E-state index contributed by atoms with van der Waals surface area (Å²) in [5.74, 6) is -0.900. The Balaban J connectivity index is 2.00. The highest BCUT2D eigenvalue weighted by atomic mass is 35.5. The van der Waals surface area contributed by atoms with Gasteiger partial charge in [-0.3, -0.25) is 13.9 Å². The Morgan fingerprint density at radius 3 is 2.28 bits per heavy atom. The molecular formula is C28H24ClF4N3O3. The number of halogens is 5. The van der Waals surface area contributed by atoms with Crippen molar-refractivity contribution in [2.45, 2.75) is 32.2 Å². The van der Waals surface area contributed by atoms with Crippen LogP contribution in [0, 0.1) is 12.7 Å². The lowest BCUT2D eigenvalue weighted by Gasteiger charge is -2.22. The molecule has 3 aromatic carbocycles. The van der Waals surface area contributed by atoms with E-state index in [1.807, 2.05) is 0 Å². The van der Waals surface area contributed by atoms with Gasteiger partial charge in [-0.15, -0.1) is 0 Å². The smallest absolute Gasteiger partial charge is 0.416 e. The number of nitrogens with zero attached hydrogens (tertiary/aromatic N) is 2. The summed E-state index contributed by atoms with van der Waals surface area (Å²) >= 11 is 6.51. The molecule has 4 rings (SSSR count). The van der Waals surface area contributed by atoms with Crippen LogP contribution < -0.4 is 21.7 Å². The third-order valence-corrected chi connectivity index (χ3v) is 6.88. The molecule has 1 aromatic heterocycles. The Hall–Kier alpha value is -3.89. The molecule has 0 aliphatic carbocycles. The van der Waals surface area contributed by atoms with Crippen LogP contribution in [0.1, 0.15) is 28.4 Å². The van der Waals surface area contributed by atoms with E-state index in [0.29, 0.717) is 5.56 Å². The third-order valence-electron chi connectivity index (χ3n) is 6.49. The molecule has 0 saturated carbocycles. The van der Waals surface area contributed by atoms with Crippen molar-refractivity contribution in [1.82, 2.24) is 9.13 Å². The maximum atomic E-state index is 14.8. The van der Waals surface area contributed by atoms with E-state index in [0.717, 1.165) is 27.3 Å². The topological polar surface area (TPSA) is 79.2 Å². The van der Waals surface area contributed by atoms with Gasteiger partial charge in [-0.05, 0) is 30.7 Å². The van der Waals surface area contributed by atoms with Gasteiger partial charge in [0, 0.05) is 22.9 Å². The number of aromatic nitrogens is 2. The first-order valence-corrected chi connectivity index (χ1v) is 12.2. The minimum atomic E-state index is -4.88. The van der Waals surface area contributed by atoms with E-state index in [4.69, 9.17) is 22.1 Å². The molecule has 6 nitrogen and oxygen atoms in total. The Labute approximate surface area is 225 Å². The van der Waals surface area contributed by atoms with Crippen LogP contribution in [0.5, 0.6) is 5.75 Å². The van der Waals surface area contributed by atoms with Crippen LogP contribution in [0.4, 0.5) is 17.6 Å². The van der Waals surface area contributed by atoms with Crippen molar-refractivity contribution in [3.63, 3.8) is 0 Å². The van der Waals surface area contributed by atoms with Gasteiger partial charge in [-0.2, -0.15) is 13.2 Å². The summed E-state index contributed by atoms with van der Waals surface area (Å²) in [7, 11) is 1.38. The first kappa shape index (κ1) is 28.1. The average molecular weight is 562 g/mol. The van der Waals surface area contributed by atoms with Crippen molar-refractivity contribution >= 4 is 11.6 Å². The van der Waals surface area contributed by atoms with E-state index in [1.165, 1.54) is 20.1 Å². The summed E-state index contributed by atoms with van der Waals surface area (Å²) in [6.45, 7) is 0.311. The van der Waals surface area contributed by atoms with Gasteiger partial charge in [0.05, 0.1) is 36.3 Å². The first-order chi connectivity index (χ1) is 18.5. The molecule has 2 N–H and O–H groups in total. The van der Waals surface area contributed by atoms with E-state index >= 15 is 0 Å². The van der Waals surface area contributed by atoms with E-state index < -0.39 is 47.0 Å². The predicted octanol–water partition coefficient (Wildman–Crippen LogP) is 5.55. The molecule has 4 aromatic rings. The Kier molecular flexibility index (Phi) is 7.99. The molecule has 204 valence electrons. The summed E-state index contributed by atoms with van der Waals surface area (Å²) in [6, 6.07) is 15.1. The van der Waals surface area contributed by atoms with Crippen molar-refractivity contribution in [3.05, 3.63) is 121 Å². The first-order valence-electron chi connectivity index (χ1n) is 11.8. The number of benzene rings is 3. The van der Waals surface area contributed by atoms with Gasteiger partial charge in [-0.1, -0.05) is 60.1 Å². The molecule has 11 heteroatoms. The molecular weight excluding hydrogens is 538 g/mol. The second-order valence-corrected chi connectivity index (χ2v) is 9.23. The van der Waals surface area contributed by atoms with Gasteiger partial charge < -0.3 is 10.5 Å². The number of methoxy groups -OCH3 is 1. The molecule has 0 amide bonds. The van der Waals surface area contributed by atoms with Gasteiger partial charge in [0.15, 0.2) is 0 Å². The lowest BCUT2D eigenvalue weighted by atomic mass is 10.0. The molecule has 39 heavy (non-hydrogen) atoms. The highest BCUT2D eigenvalue weighted by Gasteiger charge is 2.35. The molecule has 0 radical (unpaired) electrons. The lowest BCUT2D eigenvalue weighted by Crippen LogP contribution is -2.44. The van der Waals surface area contributed by atoms with E-state index in [1.54, 1.807) is 42.5 Å². The maximum Gasteiger partial charge on any atom is 0.416 e. The van der Waals surface area contributed by atoms with E-state index in [9.17, 15) is 27.2 Å². The van der Waals surface area contributed by atoms with Crippen LogP contribution >= 0.6 is 11.6 Å². The normalized spacial score (nSPS) is 12.4.